The molecule has 3 rings (SSSR count). The van der Waals surface area contributed by atoms with Crippen LogP contribution >= 0.6 is 0 Å². The summed E-state index contributed by atoms with van der Waals surface area (Å²) in [7, 11) is 0. The predicted octanol–water partition coefficient (Wildman–Crippen LogP) is 3.42. The number of rotatable bonds is 6. The summed E-state index contributed by atoms with van der Waals surface area (Å²) in [5, 5.41) is 11.5. The van der Waals surface area contributed by atoms with E-state index in [2.05, 4.69) is 27.3 Å². The average Bonchev–Trinajstić information content (AvgIpc) is 2.68. The molecule has 26 heavy (non-hydrogen) atoms. The third-order valence-electron chi connectivity index (χ3n) is 4.79. The summed E-state index contributed by atoms with van der Waals surface area (Å²) in [6, 6.07) is 10.1. The van der Waals surface area contributed by atoms with Crippen LogP contribution in [0.3, 0.4) is 0 Å². The van der Waals surface area contributed by atoms with Gasteiger partial charge in [-0.05, 0) is 43.5 Å². The van der Waals surface area contributed by atoms with Crippen LogP contribution in [0, 0.1) is 11.7 Å². The zero-order valence-corrected chi connectivity index (χ0v) is 15.1. The number of nitrogens with zero attached hydrogens (tertiary/aromatic N) is 3. The lowest BCUT2D eigenvalue weighted by Gasteiger charge is -2.31. The van der Waals surface area contributed by atoms with Crippen molar-refractivity contribution < 1.29 is 9.18 Å². The van der Waals surface area contributed by atoms with Gasteiger partial charge in [0.1, 0.15) is 5.82 Å². The molecule has 1 amide bonds. The van der Waals surface area contributed by atoms with Gasteiger partial charge in [-0.15, -0.1) is 10.2 Å². The van der Waals surface area contributed by atoms with Gasteiger partial charge >= 0.3 is 0 Å². The topological polar surface area (TPSA) is 58.1 Å². The fourth-order valence-corrected chi connectivity index (χ4v) is 3.20. The highest BCUT2D eigenvalue weighted by Gasteiger charge is 2.25. The molecule has 1 saturated heterocycles. The van der Waals surface area contributed by atoms with Gasteiger partial charge in [0.2, 0.25) is 5.91 Å². The summed E-state index contributed by atoms with van der Waals surface area (Å²) in [6.07, 6.45) is 3.76. The van der Waals surface area contributed by atoms with Crippen LogP contribution in [0.5, 0.6) is 0 Å². The first kappa shape index (κ1) is 18.3. The van der Waals surface area contributed by atoms with Gasteiger partial charge in [0.25, 0.3) is 0 Å². The van der Waals surface area contributed by atoms with Gasteiger partial charge in [-0.25, -0.2) is 4.39 Å². The maximum Gasteiger partial charge on any atom is 0.223 e. The number of hydrogen-bond acceptors (Lipinski definition) is 4. The maximum absolute atomic E-state index is 13.3. The number of unbranched alkanes of at least 4 members (excludes halogenated alkanes) is 1. The van der Waals surface area contributed by atoms with E-state index in [4.69, 9.17) is 0 Å². The van der Waals surface area contributed by atoms with Crippen molar-refractivity contribution in [3.63, 3.8) is 0 Å². The fraction of sp³-hybridized carbons (Fsp3) is 0.450. The first-order chi connectivity index (χ1) is 12.7. The quantitative estimate of drug-likeness (QED) is 0.806. The number of carbonyl (C=O) groups is 1. The van der Waals surface area contributed by atoms with Crippen molar-refractivity contribution >= 4 is 11.7 Å². The van der Waals surface area contributed by atoms with Crippen LogP contribution in [-0.2, 0) is 4.79 Å². The molecule has 1 aromatic carbocycles. The molecule has 1 fully saturated rings. The maximum atomic E-state index is 13.3. The molecule has 6 heteroatoms. The first-order valence-electron chi connectivity index (χ1n) is 9.29. The van der Waals surface area contributed by atoms with E-state index in [1.165, 1.54) is 12.1 Å². The number of anilines is 1. The van der Waals surface area contributed by atoms with Gasteiger partial charge in [-0.2, -0.15) is 0 Å². The summed E-state index contributed by atoms with van der Waals surface area (Å²) < 4.78 is 13.3. The molecule has 0 spiro atoms. The van der Waals surface area contributed by atoms with Crippen LogP contribution in [0.15, 0.2) is 36.4 Å². The molecule has 0 atom stereocenters. The molecular weight excluding hydrogens is 331 g/mol. The second-order valence-corrected chi connectivity index (χ2v) is 6.69. The first-order valence-corrected chi connectivity index (χ1v) is 9.29. The highest BCUT2D eigenvalue weighted by atomic mass is 19.1. The van der Waals surface area contributed by atoms with E-state index in [9.17, 15) is 9.18 Å². The van der Waals surface area contributed by atoms with Crippen LogP contribution in [0.25, 0.3) is 11.3 Å². The number of benzene rings is 1. The Balaban J connectivity index is 1.55. The molecule has 0 saturated carbocycles. The molecule has 0 unspecified atom stereocenters. The second kappa shape index (κ2) is 8.74. The standard InChI is InChI=1S/C20H25FN4O/c1-2-3-11-22-20(26)15-9-12-25(13-10-15)19-8-7-18(23-24-19)16-5-4-6-17(21)14-16/h4-8,14-15H,2-3,9-13H2,1H3,(H,22,26). The third-order valence-corrected chi connectivity index (χ3v) is 4.79. The Morgan fingerprint density at radius 3 is 2.69 bits per heavy atom. The van der Waals surface area contributed by atoms with E-state index < -0.39 is 0 Å². The number of hydrogen-bond donors (Lipinski definition) is 1. The van der Waals surface area contributed by atoms with E-state index in [-0.39, 0.29) is 17.6 Å². The van der Waals surface area contributed by atoms with E-state index in [1.54, 1.807) is 6.07 Å². The van der Waals surface area contributed by atoms with Crippen molar-refractivity contribution in [3.8, 4) is 11.3 Å². The largest absolute Gasteiger partial charge is 0.356 e. The van der Waals surface area contributed by atoms with Gasteiger partial charge in [0, 0.05) is 31.1 Å². The fourth-order valence-electron chi connectivity index (χ4n) is 3.20. The van der Waals surface area contributed by atoms with Gasteiger partial charge < -0.3 is 10.2 Å². The number of nitrogens with one attached hydrogen (secondary N) is 1. The van der Waals surface area contributed by atoms with Crippen molar-refractivity contribution in [2.75, 3.05) is 24.5 Å². The second-order valence-electron chi connectivity index (χ2n) is 6.69. The minimum absolute atomic E-state index is 0.0858. The van der Waals surface area contributed by atoms with Crippen molar-refractivity contribution in [1.29, 1.82) is 0 Å². The minimum Gasteiger partial charge on any atom is -0.356 e. The zero-order valence-electron chi connectivity index (χ0n) is 15.1. The summed E-state index contributed by atoms with van der Waals surface area (Å²) >= 11 is 0. The lowest BCUT2D eigenvalue weighted by molar-refractivity contribution is -0.125. The third kappa shape index (κ3) is 4.56. The van der Waals surface area contributed by atoms with Crippen molar-refractivity contribution in [3.05, 3.63) is 42.2 Å². The van der Waals surface area contributed by atoms with E-state index in [0.29, 0.717) is 11.3 Å². The van der Waals surface area contributed by atoms with Crippen molar-refractivity contribution in [1.82, 2.24) is 15.5 Å². The summed E-state index contributed by atoms with van der Waals surface area (Å²) in [6.45, 7) is 4.47. The van der Waals surface area contributed by atoms with Gasteiger partial charge in [-0.3, -0.25) is 4.79 Å². The molecule has 0 bridgehead atoms. The van der Waals surface area contributed by atoms with Crippen LogP contribution < -0.4 is 10.2 Å². The van der Waals surface area contributed by atoms with Crippen molar-refractivity contribution in [2.45, 2.75) is 32.6 Å². The van der Waals surface area contributed by atoms with Gasteiger partial charge in [0.15, 0.2) is 5.82 Å². The summed E-state index contributed by atoms with van der Waals surface area (Å²) in [5.74, 6) is 0.774. The molecule has 138 valence electrons. The average molecular weight is 356 g/mol. The highest BCUT2D eigenvalue weighted by Crippen LogP contribution is 2.23. The number of halogens is 1. The Morgan fingerprint density at radius 1 is 1.23 bits per heavy atom. The Hall–Kier alpha value is -2.50. The van der Waals surface area contributed by atoms with E-state index in [0.717, 1.165) is 51.1 Å². The molecule has 0 radical (unpaired) electrons. The molecule has 1 N–H and O–H groups in total. The minimum atomic E-state index is -0.285. The summed E-state index contributed by atoms with van der Waals surface area (Å²) in [4.78, 5) is 14.3. The number of aromatic nitrogens is 2. The Labute approximate surface area is 153 Å². The molecule has 2 aromatic rings. The summed E-state index contributed by atoms with van der Waals surface area (Å²) in [5.41, 5.74) is 1.37. The van der Waals surface area contributed by atoms with Crippen LogP contribution in [0.1, 0.15) is 32.6 Å². The van der Waals surface area contributed by atoms with Gasteiger partial charge in [0.05, 0.1) is 5.69 Å². The molecule has 1 aliphatic heterocycles. The van der Waals surface area contributed by atoms with Crippen LogP contribution in [0.4, 0.5) is 10.2 Å². The Morgan fingerprint density at radius 2 is 2.04 bits per heavy atom. The monoisotopic (exact) mass is 356 g/mol. The number of carbonyl (C=O) groups excluding carboxylic acids is 1. The molecule has 5 nitrogen and oxygen atoms in total. The Kier molecular flexibility index (Phi) is 6.15. The van der Waals surface area contributed by atoms with E-state index >= 15 is 0 Å². The van der Waals surface area contributed by atoms with Crippen LogP contribution in [-0.4, -0.2) is 35.7 Å². The normalized spacial score (nSPS) is 15.1. The highest BCUT2D eigenvalue weighted by molar-refractivity contribution is 5.78. The molecule has 2 heterocycles. The smallest absolute Gasteiger partial charge is 0.223 e. The number of amides is 1. The molecule has 1 aliphatic rings. The SMILES string of the molecule is CCCCNC(=O)C1CCN(c2ccc(-c3cccc(F)c3)nn2)CC1. The lowest BCUT2D eigenvalue weighted by atomic mass is 9.96. The molecule has 0 aliphatic carbocycles. The Bertz CT molecular complexity index is 727. The molecule has 1 aromatic heterocycles. The van der Waals surface area contributed by atoms with E-state index in [1.807, 2.05) is 18.2 Å². The predicted molar refractivity (Wildman–Crippen MR) is 100 cm³/mol. The zero-order chi connectivity index (χ0) is 18.4. The van der Waals surface area contributed by atoms with Crippen molar-refractivity contribution in [2.24, 2.45) is 5.92 Å². The lowest BCUT2D eigenvalue weighted by Crippen LogP contribution is -2.41. The van der Waals surface area contributed by atoms with Gasteiger partial charge in [-0.1, -0.05) is 25.5 Å². The molecular formula is C20H25FN4O. The van der Waals surface area contributed by atoms with Crippen LogP contribution in [0.2, 0.25) is 0 Å². The number of piperidine rings is 1.